The first-order chi connectivity index (χ1) is 13.9. The van der Waals surface area contributed by atoms with Crippen LogP contribution in [-0.4, -0.2) is 53.5 Å². The highest BCUT2D eigenvalue weighted by atomic mass is 19.4. The SMILES string of the molecule is CCN(CC)c1ccc(C(O)CC2(F)C(F)(F)C(F)(F)C(F)(F)C(F)(F)C2(F)F)cc1. The van der Waals surface area contributed by atoms with Crippen molar-refractivity contribution in [1.82, 2.24) is 0 Å². The molecule has 0 radical (unpaired) electrons. The maximum atomic E-state index is 14.8. The van der Waals surface area contributed by atoms with Crippen LogP contribution in [-0.2, 0) is 0 Å². The highest BCUT2D eigenvalue weighted by Gasteiger charge is 3.00. The van der Waals surface area contributed by atoms with E-state index in [-0.39, 0.29) is 0 Å². The standard InChI is InChI=1S/C18H18F11NO/c1-3-30(4-2)11-7-5-10(6-8-11)12(31)9-13(19)14(20,21)16(24,25)18(28,29)17(26,27)15(13,22)23/h5-8,12,31H,3-4,9H2,1-2H3. The molecule has 0 saturated heterocycles. The van der Waals surface area contributed by atoms with Gasteiger partial charge < -0.3 is 10.0 Å². The van der Waals surface area contributed by atoms with Crippen molar-refractivity contribution in [2.45, 2.75) is 61.7 Å². The quantitative estimate of drug-likeness (QED) is 0.524. The monoisotopic (exact) mass is 473 g/mol. The van der Waals surface area contributed by atoms with E-state index in [9.17, 15) is 53.4 Å². The van der Waals surface area contributed by atoms with Crippen LogP contribution in [0.1, 0.15) is 31.9 Å². The van der Waals surface area contributed by atoms with Crippen molar-refractivity contribution in [3.05, 3.63) is 29.8 Å². The Labute approximate surface area is 169 Å². The zero-order valence-electron chi connectivity index (χ0n) is 16.1. The van der Waals surface area contributed by atoms with Crippen molar-refractivity contribution in [2.75, 3.05) is 18.0 Å². The molecule has 1 aromatic carbocycles. The minimum Gasteiger partial charge on any atom is -0.388 e. The number of hydrogen-bond acceptors (Lipinski definition) is 2. The number of benzene rings is 1. The van der Waals surface area contributed by atoms with E-state index < -0.39 is 53.4 Å². The van der Waals surface area contributed by atoms with Gasteiger partial charge in [0.05, 0.1) is 6.10 Å². The first-order valence-corrected chi connectivity index (χ1v) is 8.98. The van der Waals surface area contributed by atoms with Crippen molar-refractivity contribution < 1.29 is 53.4 Å². The van der Waals surface area contributed by atoms with Crippen molar-refractivity contribution in [1.29, 1.82) is 0 Å². The van der Waals surface area contributed by atoms with Gasteiger partial charge in [0.2, 0.25) is 0 Å². The minimum absolute atomic E-state index is 0.502. The molecule has 1 aromatic rings. The summed E-state index contributed by atoms with van der Waals surface area (Å²) in [6.45, 7) is 4.54. The Bertz CT molecular complexity index is 760. The molecule has 0 amide bonds. The summed E-state index contributed by atoms with van der Waals surface area (Å²) in [5.74, 6) is -35.5. The Balaban J connectivity index is 2.50. The zero-order chi connectivity index (χ0) is 24.3. The van der Waals surface area contributed by atoms with Gasteiger partial charge in [0, 0.05) is 25.2 Å². The molecule has 2 rings (SSSR count). The second-order valence-corrected chi connectivity index (χ2v) is 7.16. The number of halogens is 11. The summed E-state index contributed by atoms with van der Waals surface area (Å²) >= 11 is 0. The van der Waals surface area contributed by atoms with Crippen molar-refractivity contribution >= 4 is 5.69 Å². The van der Waals surface area contributed by atoms with Crippen LogP contribution in [0.2, 0.25) is 0 Å². The predicted molar refractivity (Wildman–Crippen MR) is 88.2 cm³/mol. The second kappa shape index (κ2) is 7.38. The maximum absolute atomic E-state index is 14.8. The molecule has 0 heterocycles. The number of nitrogens with zero attached hydrogens (tertiary/aromatic N) is 1. The largest absolute Gasteiger partial charge is 0.388 e. The van der Waals surface area contributed by atoms with Crippen molar-refractivity contribution in [3.8, 4) is 0 Å². The van der Waals surface area contributed by atoms with E-state index in [1.165, 1.54) is 12.1 Å². The highest BCUT2D eigenvalue weighted by molar-refractivity contribution is 5.47. The van der Waals surface area contributed by atoms with Gasteiger partial charge in [0.15, 0.2) is 0 Å². The first kappa shape index (κ1) is 25.5. The zero-order valence-corrected chi connectivity index (χ0v) is 16.1. The molecule has 0 aliphatic heterocycles. The summed E-state index contributed by atoms with van der Waals surface area (Å²) in [6.07, 6.45) is -5.41. The molecule has 13 heteroatoms. The van der Waals surface area contributed by atoms with Gasteiger partial charge in [-0.1, -0.05) is 12.1 Å². The maximum Gasteiger partial charge on any atom is 0.384 e. The molecule has 31 heavy (non-hydrogen) atoms. The molecule has 0 aromatic heterocycles. The lowest BCUT2D eigenvalue weighted by molar-refractivity contribution is -0.487. The van der Waals surface area contributed by atoms with Crippen LogP contribution < -0.4 is 4.90 Å². The molecule has 1 aliphatic carbocycles. The van der Waals surface area contributed by atoms with Gasteiger partial charge in [-0.2, -0.15) is 43.9 Å². The predicted octanol–water partition coefficient (Wildman–Crippen LogP) is 5.85. The molecule has 1 N–H and O–H groups in total. The van der Waals surface area contributed by atoms with E-state index in [4.69, 9.17) is 0 Å². The number of rotatable bonds is 6. The van der Waals surface area contributed by atoms with Crippen LogP contribution in [0, 0.1) is 0 Å². The molecule has 0 spiro atoms. The van der Waals surface area contributed by atoms with E-state index in [0.717, 1.165) is 12.1 Å². The van der Waals surface area contributed by atoms with Crippen LogP contribution >= 0.6 is 0 Å². The lowest BCUT2D eigenvalue weighted by atomic mass is 9.69. The fraction of sp³-hybridized carbons (Fsp3) is 0.667. The van der Waals surface area contributed by atoms with E-state index in [1.54, 1.807) is 18.7 Å². The molecular formula is C18H18F11NO. The molecule has 1 unspecified atom stereocenters. The van der Waals surface area contributed by atoms with Crippen molar-refractivity contribution in [2.24, 2.45) is 0 Å². The Morgan fingerprint density at radius 2 is 1.03 bits per heavy atom. The third-order valence-electron chi connectivity index (χ3n) is 5.45. The van der Waals surface area contributed by atoms with Crippen molar-refractivity contribution in [3.63, 3.8) is 0 Å². The van der Waals surface area contributed by atoms with Crippen LogP contribution in [0.5, 0.6) is 0 Å². The summed E-state index contributed by atoms with van der Waals surface area (Å²) < 4.78 is 151. The summed E-state index contributed by atoms with van der Waals surface area (Å²) in [6, 6.07) is 4.41. The molecule has 1 saturated carbocycles. The molecule has 2 nitrogen and oxygen atoms in total. The average molecular weight is 473 g/mol. The minimum atomic E-state index is -7.26. The number of alkyl halides is 11. The summed E-state index contributed by atoms with van der Waals surface area (Å²) in [5, 5.41) is 9.92. The summed E-state index contributed by atoms with van der Waals surface area (Å²) in [7, 11) is 0. The van der Waals surface area contributed by atoms with Gasteiger partial charge in [-0.15, -0.1) is 0 Å². The number of aliphatic hydroxyl groups excluding tert-OH is 1. The molecule has 1 atom stereocenters. The normalized spacial score (nSPS) is 25.6. The smallest absolute Gasteiger partial charge is 0.384 e. The summed E-state index contributed by atoms with van der Waals surface area (Å²) in [5.41, 5.74) is -6.25. The van der Waals surface area contributed by atoms with Crippen LogP contribution in [0.15, 0.2) is 24.3 Å². The van der Waals surface area contributed by atoms with Crippen LogP contribution in [0.3, 0.4) is 0 Å². The van der Waals surface area contributed by atoms with E-state index in [0.29, 0.717) is 18.8 Å². The van der Waals surface area contributed by atoms with Crippen LogP contribution in [0.25, 0.3) is 0 Å². The van der Waals surface area contributed by atoms with Gasteiger partial charge >= 0.3 is 29.6 Å². The topological polar surface area (TPSA) is 23.5 Å². The molecule has 1 fully saturated rings. The Hall–Kier alpha value is -1.79. The molecule has 178 valence electrons. The van der Waals surface area contributed by atoms with Crippen LogP contribution in [0.4, 0.5) is 54.0 Å². The Morgan fingerprint density at radius 3 is 1.39 bits per heavy atom. The molecule has 1 aliphatic rings. The van der Waals surface area contributed by atoms with Gasteiger partial charge in [0.25, 0.3) is 5.67 Å². The Morgan fingerprint density at radius 1 is 0.677 bits per heavy atom. The number of anilines is 1. The molecular weight excluding hydrogens is 455 g/mol. The van der Waals surface area contributed by atoms with E-state index >= 15 is 0 Å². The number of aliphatic hydroxyl groups is 1. The van der Waals surface area contributed by atoms with Gasteiger partial charge in [-0.3, -0.25) is 0 Å². The number of hydrogen-bond donors (Lipinski definition) is 1. The highest BCUT2D eigenvalue weighted by Crippen LogP contribution is 2.70. The summed E-state index contributed by atoms with van der Waals surface area (Å²) in [4.78, 5) is 1.75. The Kier molecular flexibility index (Phi) is 6.06. The third kappa shape index (κ3) is 3.09. The van der Waals surface area contributed by atoms with E-state index in [2.05, 4.69) is 0 Å². The third-order valence-corrected chi connectivity index (χ3v) is 5.45. The molecule has 0 bridgehead atoms. The first-order valence-electron chi connectivity index (χ1n) is 8.98. The average Bonchev–Trinajstić information content (AvgIpc) is 2.67. The lowest BCUT2D eigenvalue weighted by Gasteiger charge is -2.52. The lowest BCUT2D eigenvalue weighted by Crippen LogP contribution is -2.83. The fourth-order valence-electron chi connectivity index (χ4n) is 3.42. The fourth-order valence-corrected chi connectivity index (χ4v) is 3.42. The van der Waals surface area contributed by atoms with Gasteiger partial charge in [-0.05, 0) is 31.5 Å². The van der Waals surface area contributed by atoms with E-state index in [1.807, 2.05) is 0 Å². The van der Waals surface area contributed by atoms with Gasteiger partial charge in [0.1, 0.15) is 0 Å². The second-order valence-electron chi connectivity index (χ2n) is 7.16. The van der Waals surface area contributed by atoms with Gasteiger partial charge in [-0.25, -0.2) is 4.39 Å².